The maximum absolute atomic E-state index is 13.1. The van der Waals surface area contributed by atoms with Crippen molar-refractivity contribution in [2.24, 2.45) is 0 Å². The van der Waals surface area contributed by atoms with E-state index in [1.54, 1.807) is 0 Å². The molecule has 1 heterocycles. The first kappa shape index (κ1) is 64.1. The number of carbonyl (C=O) groups excluding carboxylic acids is 1. The zero-order valence-corrected chi connectivity index (χ0v) is 43.7. The van der Waals surface area contributed by atoms with Crippen LogP contribution in [-0.4, -0.2) is 110 Å². The highest BCUT2D eigenvalue weighted by molar-refractivity contribution is 5.80. The second kappa shape index (κ2) is 46.2. The molecule has 11 nitrogen and oxygen atoms in total. The van der Waals surface area contributed by atoms with E-state index < -0.39 is 74.2 Å². The minimum Gasteiger partial charge on any atom is -0.394 e. The van der Waals surface area contributed by atoms with E-state index in [-0.39, 0.29) is 6.42 Å². The van der Waals surface area contributed by atoms with Crippen molar-refractivity contribution >= 4 is 5.91 Å². The van der Waals surface area contributed by atoms with Crippen molar-refractivity contribution in [2.45, 2.75) is 339 Å². The van der Waals surface area contributed by atoms with Crippen LogP contribution in [0, 0.1) is 0 Å². The number of unbranched alkanes of at least 4 members (excludes halogenated alkanes) is 38. The maximum Gasteiger partial charge on any atom is 0.249 e. The van der Waals surface area contributed by atoms with Gasteiger partial charge in [-0.05, 0) is 12.8 Å². The van der Waals surface area contributed by atoms with Crippen LogP contribution < -0.4 is 5.32 Å². The number of hydrogen-bond acceptors (Lipinski definition) is 10. The average molecular weight is 959 g/mol. The largest absolute Gasteiger partial charge is 0.394 e. The lowest BCUT2D eigenvalue weighted by Crippen LogP contribution is -2.60. The molecule has 0 aromatic rings. The lowest BCUT2D eigenvalue weighted by molar-refractivity contribution is -0.303. The zero-order valence-electron chi connectivity index (χ0n) is 43.7. The molecule has 1 aliphatic rings. The molecule has 0 aromatic heterocycles. The quantitative estimate of drug-likeness (QED) is 0.0273. The Morgan fingerprint density at radius 2 is 0.776 bits per heavy atom. The minimum atomic E-state index is -1.65. The summed E-state index contributed by atoms with van der Waals surface area (Å²) in [6.45, 7) is 3.39. The van der Waals surface area contributed by atoms with Gasteiger partial charge in [0.2, 0.25) is 5.91 Å². The number of ether oxygens (including phenoxy) is 2. The van der Waals surface area contributed by atoms with Gasteiger partial charge in [0.05, 0.1) is 25.4 Å². The lowest BCUT2D eigenvalue weighted by Gasteiger charge is -2.40. The smallest absolute Gasteiger partial charge is 0.249 e. The van der Waals surface area contributed by atoms with Gasteiger partial charge in [-0.2, -0.15) is 0 Å². The van der Waals surface area contributed by atoms with Crippen LogP contribution in [0.15, 0.2) is 0 Å². The van der Waals surface area contributed by atoms with E-state index in [0.717, 1.165) is 51.4 Å². The standard InChI is InChI=1S/C56H111NO10/c1-3-5-7-9-11-12-13-14-15-16-17-18-19-20-21-22-23-24-25-26-27-28-29-30-31-32-33-34-35-36-37-38-40-42-44-49(60)55(65)57-47(51(61)48(59)43-41-39-10-8-6-4-2)46-66-56-54(64)53(63)52(62)50(45-58)67-56/h47-54,56,58-64H,3-46H2,1-2H3,(H,57,65). The molecule has 400 valence electrons. The number of carbonyl (C=O) groups is 1. The molecule has 1 rings (SSSR count). The fourth-order valence-corrected chi connectivity index (χ4v) is 9.68. The first-order chi connectivity index (χ1) is 32.7. The van der Waals surface area contributed by atoms with Crippen molar-refractivity contribution < 1.29 is 50.0 Å². The molecular weight excluding hydrogens is 847 g/mol. The van der Waals surface area contributed by atoms with Crippen LogP contribution in [0.2, 0.25) is 0 Å². The first-order valence-electron chi connectivity index (χ1n) is 28.9. The monoisotopic (exact) mass is 958 g/mol. The number of rotatable bonds is 50. The Morgan fingerprint density at radius 1 is 0.463 bits per heavy atom. The topological polar surface area (TPSA) is 189 Å². The Hall–Kier alpha value is -0.890. The molecule has 1 aliphatic heterocycles. The highest BCUT2D eigenvalue weighted by Crippen LogP contribution is 2.24. The van der Waals surface area contributed by atoms with Gasteiger partial charge in [0.15, 0.2) is 6.29 Å². The molecule has 9 unspecified atom stereocenters. The van der Waals surface area contributed by atoms with E-state index in [2.05, 4.69) is 19.2 Å². The van der Waals surface area contributed by atoms with Crippen molar-refractivity contribution in [2.75, 3.05) is 13.2 Å². The van der Waals surface area contributed by atoms with Crippen molar-refractivity contribution in [3.05, 3.63) is 0 Å². The minimum absolute atomic E-state index is 0.266. The summed E-state index contributed by atoms with van der Waals surface area (Å²) in [6.07, 6.45) is 41.1. The van der Waals surface area contributed by atoms with Crippen molar-refractivity contribution in [1.82, 2.24) is 5.32 Å². The third kappa shape index (κ3) is 35.0. The number of aliphatic hydroxyl groups is 7. The van der Waals surface area contributed by atoms with Crippen LogP contribution in [0.4, 0.5) is 0 Å². The maximum atomic E-state index is 13.1. The highest BCUT2D eigenvalue weighted by atomic mass is 16.7. The van der Waals surface area contributed by atoms with Gasteiger partial charge in [-0.3, -0.25) is 4.79 Å². The molecule has 0 spiro atoms. The van der Waals surface area contributed by atoms with Crippen molar-refractivity contribution in [3.8, 4) is 0 Å². The number of hydrogen-bond donors (Lipinski definition) is 8. The molecule has 1 fully saturated rings. The van der Waals surface area contributed by atoms with Gasteiger partial charge in [-0.25, -0.2) is 0 Å². The van der Waals surface area contributed by atoms with Crippen molar-refractivity contribution in [1.29, 1.82) is 0 Å². The molecule has 0 bridgehead atoms. The van der Waals surface area contributed by atoms with E-state index >= 15 is 0 Å². The van der Waals surface area contributed by atoms with Gasteiger partial charge < -0.3 is 50.5 Å². The fraction of sp³-hybridized carbons (Fsp3) is 0.982. The van der Waals surface area contributed by atoms with Gasteiger partial charge in [0, 0.05) is 0 Å². The summed E-state index contributed by atoms with van der Waals surface area (Å²) in [5.74, 6) is -0.695. The fourth-order valence-electron chi connectivity index (χ4n) is 9.68. The van der Waals surface area contributed by atoms with Crippen LogP contribution in [0.1, 0.15) is 284 Å². The van der Waals surface area contributed by atoms with E-state index in [1.165, 1.54) is 193 Å². The molecular formula is C56H111NO10. The third-order valence-electron chi connectivity index (χ3n) is 14.4. The molecule has 11 heteroatoms. The summed E-state index contributed by atoms with van der Waals surface area (Å²) in [5, 5.41) is 75.4. The second-order valence-electron chi connectivity index (χ2n) is 20.7. The van der Waals surface area contributed by atoms with Crippen LogP contribution in [-0.2, 0) is 14.3 Å². The molecule has 67 heavy (non-hydrogen) atoms. The summed E-state index contributed by atoms with van der Waals surface area (Å²) in [5.41, 5.74) is 0. The van der Waals surface area contributed by atoms with Crippen LogP contribution >= 0.6 is 0 Å². The van der Waals surface area contributed by atoms with E-state index in [1.807, 2.05) is 0 Å². The summed E-state index contributed by atoms with van der Waals surface area (Å²) in [7, 11) is 0. The molecule has 8 N–H and O–H groups in total. The summed E-state index contributed by atoms with van der Waals surface area (Å²) >= 11 is 0. The summed E-state index contributed by atoms with van der Waals surface area (Å²) < 4.78 is 11.1. The Morgan fingerprint density at radius 3 is 1.10 bits per heavy atom. The Labute approximate surface area is 411 Å². The predicted octanol–water partition coefficient (Wildman–Crippen LogP) is 11.8. The van der Waals surface area contributed by atoms with Gasteiger partial charge in [-0.15, -0.1) is 0 Å². The highest BCUT2D eigenvalue weighted by Gasteiger charge is 2.44. The van der Waals surface area contributed by atoms with Gasteiger partial charge in [0.25, 0.3) is 0 Å². The Bertz CT molecular complexity index is 1050. The Balaban J connectivity index is 2.05. The molecule has 1 amide bonds. The van der Waals surface area contributed by atoms with Crippen LogP contribution in [0.3, 0.4) is 0 Å². The van der Waals surface area contributed by atoms with E-state index in [4.69, 9.17) is 9.47 Å². The number of aliphatic hydroxyl groups excluding tert-OH is 7. The molecule has 1 saturated heterocycles. The van der Waals surface area contributed by atoms with Crippen LogP contribution in [0.25, 0.3) is 0 Å². The molecule has 0 saturated carbocycles. The average Bonchev–Trinajstić information content (AvgIpc) is 3.33. The first-order valence-corrected chi connectivity index (χ1v) is 28.9. The second-order valence-corrected chi connectivity index (χ2v) is 20.7. The van der Waals surface area contributed by atoms with Crippen molar-refractivity contribution in [3.63, 3.8) is 0 Å². The van der Waals surface area contributed by atoms with Gasteiger partial charge >= 0.3 is 0 Å². The summed E-state index contributed by atoms with van der Waals surface area (Å²) in [6, 6.07) is -1.16. The van der Waals surface area contributed by atoms with E-state index in [0.29, 0.717) is 19.3 Å². The lowest BCUT2D eigenvalue weighted by atomic mass is 9.98. The normalized spacial score (nSPS) is 20.5. The number of amides is 1. The summed E-state index contributed by atoms with van der Waals surface area (Å²) in [4.78, 5) is 13.1. The molecule has 0 aromatic carbocycles. The van der Waals surface area contributed by atoms with E-state index in [9.17, 15) is 40.5 Å². The third-order valence-corrected chi connectivity index (χ3v) is 14.4. The number of nitrogens with one attached hydrogen (secondary N) is 1. The van der Waals surface area contributed by atoms with Crippen LogP contribution in [0.5, 0.6) is 0 Å². The SMILES string of the molecule is CCCCCCCCCCCCCCCCCCCCCCCCCCCCCCCCCCCCC(O)C(=O)NC(COC1OC(CO)C(O)C(O)C1O)C(O)C(O)CCCCCCCC. The molecule has 9 atom stereocenters. The zero-order chi connectivity index (χ0) is 49.0. The Kier molecular flexibility index (Phi) is 44.2. The predicted molar refractivity (Wildman–Crippen MR) is 275 cm³/mol. The molecule has 0 aliphatic carbocycles. The molecule has 0 radical (unpaired) electrons. The van der Waals surface area contributed by atoms with Gasteiger partial charge in [0.1, 0.15) is 36.6 Å². The van der Waals surface area contributed by atoms with Gasteiger partial charge in [-0.1, -0.05) is 271 Å².